The van der Waals surface area contributed by atoms with Gasteiger partial charge in [0.1, 0.15) is 0 Å². The average molecular weight is 295 g/mol. The molecule has 2 aromatic carbocycles. The van der Waals surface area contributed by atoms with Crippen LogP contribution < -0.4 is 0 Å². The Morgan fingerprint density at radius 2 is 1.53 bits per heavy atom. The molecule has 0 aliphatic rings. The molecule has 0 bridgehead atoms. The number of carboxylic acid groups (broad SMARTS) is 1. The van der Waals surface area contributed by atoms with Gasteiger partial charge in [-0.2, -0.15) is 0 Å². The first-order valence-electron chi connectivity index (χ1n) is 5.33. The summed E-state index contributed by atoms with van der Waals surface area (Å²) in [4.78, 5) is 23.4. The average Bonchev–Trinajstić information content (AvgIpc) is 2.38. The number of rotatable bonds is 3. The molecule has 0 saturated carbocycles. The molecule has 0 radical (unpaired) electrons. The van der Waals surface area contributed by atoms with Crippen molar-refractivity contribution in [1.29, 1.82) is 0 Å². The predicted molar refractivity (Wildman–Crippen MR) is 73.3 cm³/mol. The molecular formula is C14H8Cl2O3. The second-order valence-electron chi connectivity index (χ2n) is 3.80. The van der Waals surface area contributed by atoms with Crippen LogP contribution in [-0.2, 0) is 0 Å². The highest BCUT2D eigenvalue weighted by molar-refractivity contribution is 6.37. The van der Waals surface area contributed by atoms with Crippen LogP contribution in [-0.4, -0.2) is 16.9 Å². The van der Waals surface area contributed by atoms with E-state index in [0.29, 0.717) is 5.02 Å². The van der Waals surface area contributed by atoms with Gasteiger partial charge in [-0.15, -0.1) is 0 Å². The number of aromatic carboxylic acids is 1. The molecular weight excluding hydrogens is 287 g/mol. The van der Waals surface area contributed by atoms with Crippen LogP contribution >= 0.6 is 23.2 Å². The van der Waals surface area contributed by atoms with E-state index in [9.17, 15) is 9.59 Å². The molecule has 19 heavy (non-hydrogen) atoms. The zero-order chi connectivity index (χ0) is 14.0. The molecule has 3 nitrogen and oxygen atoms in total. The van der Waals surface area contributed by atoms with Crippen molar-refractivity contribution < 1.29 is 14.7 Å². The molecule has 0 heterocycles. The van der Waals surface area contributed by atoms with E-state index >= 15 is 0 Å². The van der Waals surface area contributed by atoms with Crippen molar-refractivity contribution >= 4 is 35.0 Å². The van der Waals surface area contributed by atoms with Gasteiger partial charge in [0, 0.05) is 16.1 Å². The highest BCUT2D eigenvalue weighted by Crippen LogP contribution is 2.24. The van der Waals surface area contributed by atoms with Crippen LogP contribution in [0.3, 0.4) is 0 Å². The number of benzene rings is 2. The normalized spacial score (nSPS) is 10.2. The van der Waals surface area contributed by atoms with E-state index in [1.807, 2.05) is 0 Å². The van der Waals surface area contributed by atoms with Crippen molar-refractivity contribution in [2.45, 2.75) is 0 Å². The second kappa shape index (κ2) is 5.43. The SMILES string of the molecule is O=C(O)c1ccccc1C(=O)c1ccc(Cl)cc1Cl. The smallest absolute Gasteiger partial charge is 0.336 e. The Bertz CT molecular complexity index is 665. The van der Waals surface area contributed by atoms with Crippen LogP contribution in [0.2, 0.25) is 10.0 Å². The number of hydrogen-bond donors (Lipinski definition) is 1. The highest BCUT2D eigenvalue weighted by atomic mass is 35.5. The largest absolute Gasteiger partial charge is 0.478 e. The zero-order valence-electron chi connectivity index (χ0n) is 9.56. The summed E-state index contributed by atoms with van der Waals surface area (Å²) in [7, 11) is 0. The molecule has 96 valence electrons. The van der Waals surface area contributed by atoms with Gasteiger partial charge < -0.3 is 5.11 Å². The first kappa shape index (κ1) is 13.6. The molecule has 0 aliphatic heterocycles. The summed E-state index contributed by atoms with van der Waals surface area (Å²) in [6, 6.07) is 10.4. The van der Waals surface area contributed by atoms with Crippen molar-refractivity contribution in [2.75, 3.05) is 0 Å². The fourth-order valence-electron chi connectivity index (χ4n) is 1.69. The quantitative estimate of drug-likeness (QED) is 0.873. The van der Waals surface area contributed by atoms with E-state index in [2.05, 4.69) is 0 Å². The first-order chi connectivity index (χ1) is 9.00. The lowest BCUT2D eigenvalue weighted by molar-refractivity contribution is 0.0693. The number of carbonyl (C=O) groups excluding carboxylic acids is 1. The third-order valence-electron chi connectivity index (χ3n) is 2.58. The van der Waals surface area contributed by atoms with Crippen LogP contribution in [0.25, 0.3) is 0 Å². The second-order valence-corrected chi connectivity index (χ2v) is 4.65. The van der Waals surface area contributed by atoms with Gasteiger partial charge in [0.05, 0.1) is 10.6 Å². The summed E-state index contributed by atoms with van der Waals surface area (Å²) < 4.78 is 0. The molecule has 1 N–H and O–H groups in total. The minimum Gasteiger partial charge on any atom is -0.478 e. The molecule has 0 aromatic heterocycles. The van der Waals surface area contributed by atoms with Crippen LogP contribution in [0.5, 0.6) is 0 Å². The molecule has 2 aromatic rings. The maximum atomic E-state index is 12.3. The summed E-state index contributed by atoms with van der Waals surface area (Å²) in [5.74, 6) is -1.60. The lowest BCUT2D eigenvalue weighted by Crippen LogP contribution is -2.09. The molecule has 0 atom stereocenters. The van der Waals surface area contributed by atoms with E-state index in [0.717, 1.165) is 0 Å². The summed E-state index contributed by atoms with van der Waals surface area (Å²) in [6.45, 7) is 0. The Morgan fingerprint density at radius 1 is 0.895 bits per heavy atom. The molecule has 0 aliphatic carbocycles. The van der Waals surface area contributed by atoms with Crippen molar-refractivity contribution in [2.24, 2.45) is 0 Å². The van der Waals surface area contributed by atoms with Crippen molar-refractivity contribution in [3.8, 4) is 0 Å². The molecule has 0 saturated heterocycles. The number of hydrogen-bond acceptors (Lipinski definition) is 2. The Hall–Kier alpha value is -1.84. The van der Waals surface area contributed by atoms with E-state index in [1.54, 1.807) is 12.1 Å². The summed E-state index contributed by atoms with van der Waals surface area (Å²) in [5, 5.41) is 9.67. The third-order valence-corrected chi connectivity index (χ3v) is 3.13. The van der Waals surface area contributed by atoms with Gasteiger partial charge in [-0.05, 0) is 24.3 Å². The van der Waals surface area contributed by atoms with Crippen LogP contribution in [0, 0.1) is 0 Å². The third kappa shape index (κ3) is 2.78. The Labute approximate surface area is 119 Å². The Balaban J connectivity index is 2.53. The standard InChI is InChI=1S/C14H8Cl2O3/c15-8-5-6-11(12(16)7-8)13(17)9-3-1-2-4-10(9)14(18)19/h1-7H,(H,18,19). The van der Waals surface area contributed by atoms with E-state index in [-0.39, 0.29) is 21.7 Å². The predicted octanol–water partition coefficient (Wildman–Crippen LogP) is 3.92. The number of carboxylic acids is 1. The van der Waals surface area contributed by atoms with Gasteiger partial charge in [-0.25, -0.2) is 4.79 Å². The van der Waals surface area contributed by atoms with Gasteiger partial charge >= 0.3 is 5.97 Å². The van der Waals surface area contributed by atoms with Crippen LogP contribution in [0.4, 0.5) is 0 Å². The number of carbonyl (C=O) groups is 2. The molecule has 0 unspecified atom stereocenters. The Morgan fingerprint density at radius 3 is 2.11 bits per heavy atom. The molecule has 5 heteroatoms. The minimum absolute atomic E-state index is 0.0569. The fourth-order valence-corrected chi connectivity index (χ4v) is 2.18. The van der Waals surface area contributed by atoms with E-state index in [4.69, 9.17) is 28.3 Å². The first-order valence-corrected chi connectivity index (χ1v) is 6.08. The fraction of sp³-hybridized carbons (Fsp3) is 0. The van der Waals surface area contributed by atoms with Crippen LogP contribution in [0.1, 0.15) is 26.3 Å². The van der Waals surface area contributed by atoms with Crippen LogP contribution in [0.15, 0.2) is 42.5 Å². The summed E-state index contributed by atoms with van der Waals surface area (Å²) in [5.41, 5.74) is 0.262. The number of ketones is 1. The van der Waals surface area contributed by atoms with Gasteiger partial charge in [0.15, 0.2) is 5.78 Å². The molecule has 0 fully saturated rings. The van der Waals surface area contributed by atoms with E-state index in [1.165, 1.54) is 30.3 Å². The number of halogens is 2. The summed E-state index contributed by atoms with van der Waals surface area (Å²) >= 11 is 11.7. The highest BCUT2D eigenvalue weighted by Gasteiger charge is 2.19. The van der Waals surface area contributed by atoms with Crippen molar-refractivity contribution in [1.82, 2.24) is 0 Å². The Kier molecular flexibility index (Phi) is 3.88. The minimum atomic E-state index is -1.16. The molecule has 0 spiro atoms. The van der Waals surface area contributed by atoms with Gasteiger partial charge in [-0.3, -0.25) is 4.79 Å². The van der Waals surface area contributed by atoms with Crippen molar-refractivity contribution in [3.05, 3.63) is 69.2 Å². The molecule has 2 rings (SSSR count). The maximum absolute atomic E-state index is 12.3. The molecule has 0 amide bonds. The van der Waals surface area contributed by atoms with Gasteiger partial charge in [0.2, 0.25) is 0 Å². The summed E-state index contributed by atoms with van der Waals surface area (Å²) in [6.07, 6.45) is 0. The zero-order valence-corrected chi connectivity index (χ0v) is 11.1. The lowest BCUT2D eigenvalue weighted by Gasteiger charge is -2.07. The van der Waals surface area contributed by atoms with Gasteiger partial charge in [0.25, 0.3) is 0 Å². The monoisotopic (exact) mass is 294 g/mol. The topological polar surface area (TPSA) is 54.4 Å². The van der Waals surface area contributed by atoms with E-state index < -0.39 is 11.8 Å². The van der Waals surface area contributed by atoms with Crippen molar-refractivity contribution in [3.63, 3.8) is 0 Å². The van der Waals surface area contributed by atoms with Gasteiger partial charge in [-0.1, -0.05) is 41.4 Å². The maximum Gasteiger partial charge on any atom is 0.336 e. The lowest BCUT2D eigenvalue weighted by atomic mass is 9.98.